The van der Waals surface area contributed by atoms with E-state index < -0.39 is 6.10 Å². The quantitative estimate of drug-likeness (QED) is 0.0199. The van der Waals surface area contributed by atoms with Crippen molar-refractivity contribution in [2.45, 2.75) is 284 Å². The molecular weight excluding hydrogens is 853 g/mol. The zero-order chi connectivity index (χ0) is 50.0. The third-order valence-corrected chi connectivity index (χ3v) is 12.4. The molecule has 0 saturated carbocycles. The maximum absolute atomic E-state index is 12.9. The number of carbonyl (C=O) groups excluding carboxylic acids is 3. The van der Waals surface area contributed by atoms with Crippen LogP contribution in [0.3, 0.4) is 0 Å². The van der Waals surface area contributed by atoms with Crippen molar-refractivity contribution in [2.75, 3.05) is 13.2 Å². The number of allylic oxidation sites excluding steroid dienone is 14. The lowest BCUT2D eigenvalue weighted by molar-refractivity contribution is -0.167. The number of ether oxygens (including phenoxy) is 3. The van der Waals surface area contributed by atoms with Crippen molar-refractivity contribution in [3.8, 4) is 0 Å². The molecule has 0 saturated heterocycles. The fourth-order valence-corrected chi connectivity index (χ4v) is 8.10. The van der Waals surface area contributed by atoms with Crippen molar-refractivity contribution in [3.05, 3.63) is 85.1 Å². The minimum atomic E-state index is -0.790. The van der Waals surface area contributed by atoms with E-state index in [1.807, 2.05) is 0 Å². The van der Waals surface area contributed by atoms with Gasteiger partial charge in [-0.15, -0.1) is 0 Å². The summed E-state index contributed by atoms with van der Waals surface area (Å²) in [5.41, 5.74) is 0. The molecule has 1 atom stereocenters. The van der Waals surface area contributed by atoms with E-state index in [-0.39, 0.29) is 31.1 Å². The lowest BCUT2D eigenvalue weighted by Crippen LogP contribution is -2.30. The summed E-state index contributed by atoms with van der Waals surface area (Å²) >= 11 is 0. The second kappa shape index (κ2) is 57.2. The topological polar surface area (TPSA) is 78.9 Å². The highest BCUT2D eigenvalue weighted by Gasteiger charge is 2.19. The first kappa shape index (κ1) is 65.6. The Kier molecular flexibility index (Phi) is 54.3. The van der Waals surface area contributed by atoms with Crippen molar-refractivity contribution in [2.24, 2.45) is 0 Å². The normalized spacial score (nSPS) is 12.7. The van der Waals surface area contributed by atoms with E-state index in [0.29, 0.717) is 19.3 Å². The molecule has 0 bridgehead atoms. The number of hydrogen-bond acceptors (Lipinski definition) is 6. The van der Waals surface area contributed by atoms with E-state index in [2.05, 4.69) is 106 Å². The molecule has 0 N–H and O–H groups in total. The van der Waals surface area contributed by atoms with Gasteiger partial charge >= 0.3 is 17.9 Å². The zero-order valence-electron chi connectivity index (χ0n) is 45.3. The minimum absolute atomic E-state index is 0.0876. The van der Waals surface area contributed by atoms with Gasteiger partial charge in [0, 0.05) is 19.3 Å². The minimum Gasteiger partial charge on any atom is -0.462 e. The Morgan fingerprint density at radius 1 is 0.319 bits per heavy atom. The predicted octanol–water partition coefficient (Wildman–Crippen LogP) is 19.5. The average molecular weight is 962 g/mol. The Bertz CT molecular complexity index is 1330. The molecule has 0 aliphatic carbocycles. The molecule has 0 amide bonds. The van der Waals surface area contributed by atoms with Gasteiger partial charge in [0.05, 0.1) is 0 Å². The van der Waals surface area contributed by atoms with E-state index in [0.717, 1.165) is 103 Å². The smallest absolute Gasteiger partial charge is 0.306 e. The maximum atomic E-state index is 12.9. The van der Waals surface area contributed by atoms with E-state index in [1.54, 1.807) is 0 Å². The summed E-state index contributed by atoms with van der Waals surface area (Å²) in [5, 5.41) is 0. The summed E-state index contributed by atoms with van der Waals surface area (Å²) < 4.78 is 16.9. The molecule has 1 unspecified atom stereocenters. The Morgan fingerprint density at radius 3 is 1.06 bits per heavy atom. The molecule has 0 aromatic rings. The number of carbonyl (C=O) groups is 3. The van der Waals surface area contributed by atoms with Crippen LogP contribution in [-0.4, -0.2) is 37.2 Å². The molecule has 0 aromatic carbocycles. The molecule has 69 heavy (non-hydrogen) atoms. The largest absolute Gasteiger partial charge is 0.462 e. The van der Waals surface area contributed by atoms with Crippen molar-refractivity contribution in [1.82, 2.24) is 0 Å². The molecule has 0 rings (SSSR count). The first-order valence-electron chi connectivity index (χ1n) is 29.1. The van der Waals surface area contributed by atoms with Gasteiger partial charge in [0.25, 0.3) is 0 Å². The van der Waals surface area contributed by atoms with Gasteiger partial charge in [-0.25, -0.2) is 0 Å². The van der Waals surface area contributed by atoms with E-state index in [4.69, 9.17) is 14.2 Å². The number of unbranched alkanes of at least 4 members (excludes halogenated alkanes) is 29. The lowest BCUT2D eigenvalue weighted by atomic mass is 10.1. The highest BCUT2D eigenvalue weighted by Crippen LogP contribution is 2.15. The first-order chi connectivity index (χ1) is 34.0. The van der Waals surface area contributed by atoms with E-state index in [1.165, 1.54) is 135 Å². The molecule has 0 aliphatic rings. The molecule has 6 nitrogen and oxygen atoms in total. The van der Waals surface area contributed by atoms with Gasteiger partial charge in [0.15, 0.2) is 6.10 Å². The second-order valence-corrected chi connectivity index (χ2v) is 19.2. The highest BCUT2D eigenvalue weighted by molar-refractivity contribution is 5.71. The summed E-state index contributed by atoms with van der Waals surface area (Å²) in [6.45, 7) is 6.39. The van der Waals surface area contributed by atoms with Crippen LogP contribution in [0.15, 0.2) is 85.1 Å². The molecule has 6 heteroatoms. The van der Waals surface area contributed by atoms with Gasteiger partial charge < -0.3 is 14.2 Å². The Morgan fingerprint density at radius 2 is 0.638 bits per heavy atom. The van der Waals surface area contributed by atoms with E-state index in [9.17, 15) is 14.4 Å². The monoisotopic (exact) mass is 961 g/mol. The number of hydrogen-bond donors (Lipinski definition) is 0. The van der Waals surface area contributed by atoms with Crippen LogP contribution < -0.4 is 0 Å². The van der Waals surface area contributed by atoms with Gasteiger partial charge in [-0.1, -0.05) is 247 Å². The molecule has 396 valence electrons. The van der Waals surface area contributed by atoms with Crippen LogP contribution in [0.4, 0.5) is 0 Å². The van der Waals surface area contributed by atoms with Crippen LogP contribution in [0.5, 0.6) is 0 Å². The fourth-order valence-electron chi connectivity index (χ4n) is 8.10. The lowest BCUT2D eigenvalue weighted by Gasteiger charge is -2.18. The third-order valence-electron chi connectivity index (χ3n) is 12.4. The van der Waals surface area contributed by atoms with Crippen LogP contribution >= 0.6 is 0 Å². The van der Waals surface area contributed by atoms with Crippen LogP contribution in [0.2, 0.25) is 0 Å². The van der Waals surface area contributed by atoms with Gasteiger partial charge in [0.1, 0.15) is 13.2 Å². The zero-order valence-corrected chi connectivity index (χ0v) is 45.3. The van der Waals surface area contributed by atoms with Crippen LogP contribution in [0.1, 0.15) is 278 Å². The number of rotatable bonds is 52. The summed E-state index contributed by atoms with van der Waals surface area (Å²) in [6.07, 6.45) is 74.3. The molecule has 0 spiro atoms. The Labute approximate surface area is 426 Å². The first-order valence-corrected chi connectivity index (χ1v) is 29.1. The van der Waals surface area contributed by atoms with Crippen LogP contribution in [0, 0.1) is 0 Å². The van der Waals surface area contributed by atoms with E-state index >= 15 is 0 Å². The fraction of sp³-hybridized carbons (Fsp3) is 0.730. The third kappa shape index (κ3) is 55.4. The van der Waals surface area contributed by atoms with Crippen molar-refractivity contribution < 1.29 is 28.6 Å². The average Bonchev–Trinajstić information content (AvgIpc) is 3.35. The van der Waals surface area contributed by atoms with Crippen molar-refractivity contribution in [3.63, 3.8) is 0 Å². The molecule has 0 heterocycles. The molecule has 0 aliphatic heterocycles. The summed E-state index contributed by atoms with van der Waals surface area (Å²) in [7, 11) is 0. The maximum Gasteiger partial charge on any atom is 0.306 e. The van der Waals surface area contributed by atoms with Gasteiger partial charge in [-0.3, -0.25) is 14.4 Å². The SMILES string of the molecule is CC\C=C/C=C\C=C/CCCCCCCC(=O)OCC(COC(=O)CCCCCCCCCCC/C=C\C/C=C\C/C=C\CC)OC(=O)CCCCCCCCC/C=C\CCCCCCCCCC. The van der Waals surface area contributed by atoms with Gasteiger partial charge in [-0.2, -0.15) is 0 Å². The predicted molar refractivity (Wildman–Crippen MR) is 297 cm³/mol. The summed E-state index contributed by atoms with van der Waals surface area (Å²) in [6, 6.07) is 0. The molecular formula is C63H108O6. The van der Waals surface area contributed by atoms with Crippen LogP contribution in [0.25, 0.3) is 0 Å². The standard InChI is InChI=1S/C63H108O6/c1-4-7-10-13-16-19-22-25-27-29-31-33-35-38-41-44-47-50-53-56-62(65)68-59-60(58-67-61(64)55-52-49-46-43-40-37-24-21-18-15-12-9-6-3)69-63(66)57-54-51-48-45-42-39-36-34-32-30-28-26-23-20-17-14-11-8-5-2/h7,9-10,12,15-16,18-19,21,24-25,27,30,32,60H,4-6,8,11,13-14,17,20,22-23,26,28-29,31,33-59H2,1-3H3/b10-7-,12-9-,18-15-,19-16-,24-21-,27-25-,32-30-. The molecule has 0 radical (unpaired) electrons. The summed E-state index contributed by atoms with van der Waals surface area (Å²) in [5.74, 6) is -0.912. The highest BCUT2D eigenvalue weighted by atomic mass is 16.6. The molecule has 0 aromatic heterocycles. The van der Waals surface area contributed by atoms with Crippen molar-refractivity contribution >= 4 is 17.9 Å². The number of esters is 3. The molecule has 0 fully saturated rings. The Hall–Kier alpha value is -3.41. The van der Waals surface area contributed by atoms with Crippen LogP contribution in [-0.2, 0) is 28.6 Å². The second-order valence-electron chi connectivity index (χ2n) is 19.2. The Balaban J connectivity index is 4.38. The van der Waals surface area contributed by atoms with Gasteiger partial charge in [-0.05, 0) is 96.3 Å². The summed E-state index contributed by atoms with van der Waals surface area (Å²) in [4.78, 5) is 38.2. The van der Waals surface area contributed by atoms with Gasteiger partial charge in [0.2, 0.25) is 0 Å². The van der Waals surface area contributed by atoms with Crippen molar-refractivity contribution in [1.29, 1.82) is 0 Å².